The molecule has 0 atom stereocenters. The molecule has 0 radical (unpaired) electrons. The smallest absolute Gasteiger partial charge is 0.369 e. The number of alkyl halides is 5. The molecule has 0 aliphatic rings. The topological polar surface area (TPSA) is 74.6 Å². The summed E-state index contributed by atoms with van der Waals surface area (Å²) in [5, 5.41) is 15.6. The molecule has 0 unspecified atom stereocenters. The third kappa shape index (κ3) is 1.49. The first-order chi connectivity index (χ1) is 6.08. The van der Waals surface area contributed by atoms with E-state index in [1.54, 1.807) is 0 Å². The minimum atomic E-state index is -5.80. The molecule has 2 N–H and O–H groups in total. The van der Waals surface area contributed by atoms with Gasteiger partial charge in [0.25, 0.3) is 0 Å². The van der Waals surface area contributed by atoms with Gasteiger partial charge >= 0.3 is 30.0 Å². The molecule has 0 spiro atoms. The highest BCUT2D eigenvalue weighted by molar-refractivity contribution is 6.03. The summed E-state index contributed by atoms with van der Waals surface area (Å²) in [6.07, 6.45) is -4.74. The van der Waals surface area contributed by atoms with Crippen LogP contribution >= 0.6 is 0 Å². The fourth-order valence-corrected chi connectivity index (χ4v) is 0.527. The summed E-state index contributed by atoms with van der Waals surface area (Å²) >= 11 is 0. The Morgan fingerprint density at radius 2 is 1.29 bits per heavy atom. The lowest BCUT2D eigenvalue weighted by Gasteiger charge is -2.24. The Hall–Kier alpha value is -1.41. The number of hydrogen-bond donors (Lipinski definition) is 2. The predicted molar refractivity (Wildman–Crippen MR) is 30.1 cm³/mol. The molecular weight excluding hydrogens is 219 g/mol. The van der Waals surface area contributed by atoms with Crippen LogP contribution in [0.3, 0.4) is 0 Å². The second kappa shape index (κ2) is 3.39. The summed E-state index contributed by atoms with van der Waals surface area (Å²) in [4.78, 5) is 19.7. The summed E-state index contributed by atoms with van der Waals surface area (Å²) in [5.41, 5.74) is -5.33. The van der Waals surface area contributed by atoms with Crippen LogP contribution in [0.1, 0.15) is 0 Å². The van der Waals surface area contributed by atoms with E-state index in [9.17, 15) is 31.5 Å². The zero-order chi connectivity index (χ0) is 11.7. The zero-order valence-electron chi connectivity index (χ0n) is 6.18. The van der Waals surface area contributed by atoms with Crippen LogP contribution in [0.15, 0.2) is 0 Å². The van der Waals surface area contributed by atoms with Crippen LogP contribution < -0.4 is 0 Å². The number of aliphatic carboxylic acids is 2. The molecule has 0 rings (SSSR count). The van der Waals surface area contributed by atoms with Crippen LogP contribution in [0, 0.1) is 0 Å². The molecule has 4 nitrogen and oxygen atoms in total. The van der Waals surface area contributed by atoms with Crippen molar-refractivity contribution in [2.75, 3.05) is 0 Å². The van der Waals surface area contributed by atoms with Crippen molar-refractivity contribution in [2.45, 2.75) is 18.0 Å². The highest BCUT2D eigenvalue weighted by Gasteiger charge is 2.72. The SMILES string of the molecule is O=C(O)C(F)(C(=O)O)C(F)(F)C(F)F. The summed E-state index contributed by atoms with van der Waals surface area (Å²) < 4.78 is 60.1. The first kappa shape index (κ1) is 12.6. The van der Waals surface area contributed by atoms with Crippen LogP contribution in [-0.2, 0) is 9.59 Å². The lowest BCUT2D eigenvalue weighted by molar-refractivity contribution is -0.229. The van der Waals surface area contributed by atoms with Crippen molar-refractivity contribution in [3.8, 4) is 0 Å². The highest BCUT2D eigenvalue weighted by Crippen LogP contribution is 2.38. The maximum Gasteiger partial charge on any atom is 0.369 e. The van der Waals surface area contributed by atoms with Crippen LogP contribution in [0.4, 0.5) is 22.0 Å². The molecule has 0 heterocycles. The van der Waals surface area contributed by atoms with Crippen molar-refractivity contribution in [1.29, 1.82) is 0 Å². The molecule has 14 heavy (non-hydrogen) atoms. The summed E-state index contributed by atoms with van der Waals surface area (Å²) in [6, 6.07) is 0. The molecule has 0 amide bonds. The van der Waals surface area contributed by atoms with E-state index in [0.717, 1.165) is 0 Å². The average molecular weight is 222 g/mol. The molecule has 0 bridgehead atoms. The van der Waals surface area contributed by atoms with Gasteiger partial charge in [0.1, 0.15) is 0 Å². The van der Waals surface area contributed by atoms with Crippen LogP contribution in [0.5, 0.6) is 0 Å². The van der Waals surface area contributed by atoms with E-state index in [-0.39, 0.29) is 0 Å². The highest BCUT2D eigenvalue weighted by atomic mass is 19.3. The number of carbonyl (C=O) groups is 2. The fraction of sp³-hybridized carbons (Fsp3) is 0.600. The van der Waals surface area contributed by atoms with E-state index < -0.39 is 30.0 Å². The number of rotatable bonds is 4. The second-order valence-corrected chi connectivity index (χ2v) is 2.19. The third-order valence-corrected chi connectivity index (χ3v) is 1.32. The van der Waals surface area contributed by atoms with Gasteiger partial charge in [-0.25, -0.2) is 22.8 Å². The van der Waals surface area contributed by atoms with E-state index in [0.29, 0.717) is 0 Å². The Morgan fingerprint density at radius 1 is 1.00 bits per heavy atom. The quantitative estimate of drug-likeness (QED) is 0.544. The second-order valence-electron chi connectivity index (χ2n) is 2.19. The van der Waals surface area contributed by atoms with E-state index in [1.165, 1.54) is 0 Å². The normalized spacial score (nSPS) is 13.0. The molecule has 0 aromatic heterocycles. The van der Waals surface area contributed by atoms with Gasteiger partial charge in [0, 0.05) is 0 Å². The van der Waals surface area contributed by atoms with Crippen LogP contribution in [0.2, 0.25) is 0 Å². The molecule has 0 aliphatic heterocycles. The minimum absolute atomic E-state index is 3.18. The zero-order valence-corrected chi connectivity index (χ0v) is 6.18. The molecule has 0 aromatic carbocycles. The lowest BCUT2D eigenvalue weighted by atomic mass is 9.98. The van der Waals surface area contributed by atoms with Crippen molar-refractivity contribution in [2.24, 2.45) is 0 Å². The summed E-state index contributed by atoms with van der Waals surface area (Å²) in [6.45, 7) is 0. The molecule has 0 aliphatic carbocycles. The van der Waals surface area contributed by atoms with Crippen molar-refractivity contribution in [3.05, 3.63) is 0 Å². The Morgan fingerprint density at radius 3 is 1.36 bits per heavy atom. The molecule has 0 aromatic rings. The van der Waals surface area contributed by atoms with Crippen molar-refractivity contribution >= 4 is 11.9 Å². The number of carboxylic acids is 2. The number of carboxylic acid groups (broad SMARTS) is 2. The first-order valence-electron chi connectivity index (χ1n) is 2.90. The van der Waals surface area contributed by atoms with Crippen LogP contribution in [0.25, 0.3) is 0 Å². The largest absolute Gasteiger partial charge is 0.478 e. The molecule has 0 saturated heterocycles. The Balaban J connectivity index is 5.44. The maximum absolute atomic E-state index is 12.6. The third-order valence-electron chi connectivity index (χ3n) is 1.32. The van der Waals surface area contributed by atoms with Gasteiger partial charge in [0.2, 0.25) is 0 Å². The van der Waals surface area contributed by atoms with Gasteiger partial charge < -0.3 is 10.2 Å². The van der Waals surface area contributed by atoms with E-state index in [2.05, 4.69) is 0 Å². The van der Waals surface area contributed by atoms with Gasteiger partial charge in [-0.05, 0) is 0 Å². The van der Waals surface area contributed by atoms with Crippen LogP contribution in [-0.4, -0.2) is 40.2 Å². The molecule has 82 valence electrons. The lowest BCUT2D eigenvalue weighted by Crippen LogP contribution is -2.60. The molecule has 0 fully saturated rings. The van der Waals surface area contributed by atoms with Crippen molar-refractivity contribution in [3.63, 3.8) is 0 Å². The van der Waals surface area contributed by atoms with E-state index in [1.807, 2.05) is 0 Å². The Labute approximate surface area is 72.9 Å². The molecular formula is C5H3F5O4. The average Bonchev–Trinajstić information content (AvgIpc) is 2.01. The monoisotopic (exact) mass is 222 g/mol. The van der Waals surface area contributed by atoms with Gasteiger partial charge in [-0.1, -0.05) is 0 Å². The van der Waals surface area contributed by atoms with Gasteiger partial charge in [-0.15, -0.1) is 0 Å². The van der Waals surface area contributed by atoms with Gasteiger partial charge in [-0.2, -0.15) is 8.78 Å². The number of halogens is 5. The number of hydrogen-bond acceptors (Lipinski definition) is 2. The maximum atomic E-state index is 12.6. The fourth-order valence-electron chi connectivity index (χ4n) is 0.527. The van der Waals surface area contributed by atoms with Gasteiger partial charge in [0.05, 0.1) is 0 Å². The van der Waals surface area contributed by atoms with E-state index >= 15 is 0 Å². The predicted octanol–water partition coefficient (Wildman–Crippen LogP) is 0.764. The van der Waals surface area contributed by atoms with Crippen molar-refractivity contribution in [1.82, 2.24) is 0 Å². The Kier molecular flexibility index (Phi) is 3.05. The minimum Gasteiger partial charge on any atom is -0.478 e. The van der Waals surface area contributed by atoms with Gasteiger partial charge in [0.15, 0.2) is 0 Å². The molecule has 0 saturated carbocycles. The molecule has 9 heteroatoms. The summed E-state index contributed by atoms with van der Waals surface area (Å²) in [7, 11) is 0. The Bertz CT molecular complexity index is 249. The standard InChI is InChI=1S/C5H3F5O4/c6-1(7)5(9,10)4(8,2(11)12)3(13)14/h1H,(H,11,12)(H,13,14). The van der Waals surface area contributed by atoms with Crippen molar-refractivity contribution < 1.29 is 41.8 Å². The summed E-state index contributed by atoms with van der Waals surface area (Å²) in [5.74, 6) is -12.2. The van der Waals surface area contributed by atoms with Gasteiger partial charge in [-0.3, -0.25) is 0 Å². The van der Waals surface area contributed by atoms with E-state index in [4.69, 9.17) is 10.2 Å². The first-order valence-corrected chi connectivity index (χ1v) is 2.90.